The highest BCUT2D eigenvalue weighted by atomic mass is 16.5. The van der Waals surface area contributed by atoms with Crippen molar-refractivity contribution < 1.29 is 24.2 Å². The number of hydrogen-bond acceptors (Lipinski definition) is 5. The summed E-state index contributed by atoms with van der Waals surface area (Å²) in [4.78, 5) is 43.1. The van der Waals surface area contributed by atoms with E-state index in [1.54, 1.807) is 4.90 Å². The summed E-state index contributed by atoms with van der Waals surface area (Å²) in [5.41, 5.74) is -1.08. The zero-order chi connectivity index (χ0) is 25.9. The molecule has 3 unspecified atom stereocenters. The van der Waals surface area contributed by atoms with E-state index in [1.165, 1.54) is 0 Å². The van der Waals surface area contributed by atoms with Gasteiger partial charge in [-0.15, -0.1) is 0 Å². The lowest BCUT2D eigenvalue weighted by Gasteiger charge is -2.34. The fourth-order valence-corrected chi connectivity index (χ4v) is 6.80. The second-order valence-electron chi connectivity index (χ2n) is 10.7. The summed E-state index contributed by atoms with van der Waals surface area (Å²) in [6, 6.07) is 8.49. The van der Waals surface area contributed by atoms with Gasteiger partial charge in [-0.2, -0.15) is 0 Å². The van der Waals surface area contributed by atoms with Crippen molar-refractivity contribution in [3.8, 4) is 0 Å². The maximum Gasteiger partial charge on any atom is 0.246 e. The van der Waals surface area contributed by atoms with Crippen LogP contribution in [0.4, 0.5) is 5.69 Å². The number of aliphatic hydroxyl groups is 1. The van der Waals surface area contributed by atoms with Crippen LogP contribution in [0.15, 0.2) is 30.3 Å². The number of carbonyl (C=O) groups excluding carboxylic acids is 3. The van der Waals surface area contributed by atoms with Crippen LogP contribution in [-0.2, 0) is 19.1 Å². The number of unbranched alkanes of at least 4 members (excludes halogenated alkanes) is 2. The number of fused-ring (bicyclic) bond motifs is 1. The molecule has 1 aromatic carbocycles. The Morgan fingerprint density at radius 2 is 1.89 bits per heavy atom. The van der Waals surface area contributed by atoms with Crippen molar-refractivity contribution in [1.29, 1.82) is 0 Å². The van der Waals surface area contributed by atoms with Crippen molar-refractivity contribution in [2.45, 2.75) is 95.4 Å². The number of carbonyl (C=O) groups is 3. The maximum atomic E-state index is 14.0. The molecule has 6 atom stereocenters. The summed E-state index contributed by atoms with van der Waals surface area (Å²) in [5.74, 6) is -1.92. The predicted molar refractivity (Wildman–Crippen MR) is 137 cm³/mol. The minimum atomic E-state index is -1.00. The summed E-state index contributed by atoms with van der Waals surface area (Å²) in [6.07, 6.45) is 5.72. The van der Waals surface area contributed by atoms with Gasteiger partial charge in [0.15, 0.2) is 0 Å². The highest BCUT2D eigenvalue weighted by Gasteiger charge is 2.78. The topological polar surface area (TPSA) is 108 Å². The Kier molecular flexibility index (Phi) is 8.05. The van der Waals surface area contributed by atoms with Crippen molar-refractivity contribution >= 4 is 23.4 Å². The van der Waals surface area contributed by atoms with E-state index in [4.69, 9.17) is 4.74 Å². The Balaban J connectivity index is 1.67. The molecule has 3 N–H and O–H groups in total. The van der Waals surface area contributed by atoms with Gasteiger partial charge in [-0.3, -0.25) is 14.4 Å². The fourth-order valence-electron chi connectivity index (χ4n) is 6.80. The van der Waals surface area contributed by atoms with E-state index in [0.717, 1.165) is 19.3 Å². The lowest BCUT2D eigenvalue weighted by atomic mass is 9.65. The molecule has 0 radical (unpaired) electrons. The Hall–Kier alpha value is -2.45. The molecule has 3 aliphatic heterocycles. The van der Waals surface area contributed by atoms with Gasteiger partial charge in [0.25, 0.3) is 0 Å². The summed E-state index contributed by atoms with van der Waals surface area (Å²) >= 11 is 0. The molecule has 3 heterocycles. The molecule has 3 saturated heterocycles. The zero-order valence-electron chi connectivity index (χ0n) is 21.8. The first-order chi connectivity index (χ1) is 17.3. The largest absolute Gasteiger partial charge is 0.396 e. The summed E-state index contributed by atoms with van der Waals surface area (Å²) in [7, 11) is 0. The van der Waals surface area contributed by atoms with Crippen LogP contribution in [-0.4, -0.2) is 64.2 Å². The van der Waals surface area contributed by atoms with Crippen molar-refractivity contribution in [3.63, 3.8) is 0 Å². The van der Waals surface area contributed by atoms with Crippen LogP contribution in [0, 0.1) is 11.8 Å². The molecule has 36 heavy (non-hydrogen) atoms. The van der Waals surface area contributed by atoms with E-state index in [2.05, 4.69) is 17.6 Å². The molecule has 0 saturated carbocycles. The number of aliphatic hydroxyl groups excluding tert-OH is 1. The number of nitrogens with one attached hydrogen (secondary N) is 2. The highest BCUT2D eigenvalue weighted by Crippen LogP contribution is 2.64. The van der Waals surface area contributed by atoms with Crippen molar-refractivity contribution in [2.75, 3.05) is 18.5 Å². The summed E-state index contributed by atoms with van der Waals surface area (Å²) < 4.78 is 6.77. The van der Waals surface area contributed by atoms with Crippen LogP contribution < -0.4 is 10.6 Å². The van der Waals surface area contributed by atoms with Gasteiger partial charge in [0.2, 0.25) is 17.7 Å². The Labute approximate surface area is 214 Å². The van der Waals surface area contributed by atoms with E-state index < -0.39 is 29.1 Å². The van der Waals surface area contributed by atoms with Crippen LogP contribution in [0.1, 0.15) is 72.1 Å². The molecule has 3 fully saturated rings. The van der Waals surface area contributed by atoms with Gasteiger partial charge < -0.3 is 25.4 Å². The third-order valence-electron chi connectivity index (χ3n) is 8.42. The van der Waals surface area contributed by atoms with Gasteiger partial charge in [0.05, 0.1) is 17.4 Å². The Morgan fingerprint density at radius 1 is 1.14 bits per heavy atom. The number of hydrogen-bond donors (Lipinski definition) is 3. The molecular weight excluding hydrogens is 458 g/mol. The van der Waals surface area contributed by atoms with E-state index >= 15 is 0 Å². The second-order valence-corrected chi connectivity index (χ2v) is 10.7. The standard InChI is InChI=1S/C28H41N3O5/c1-4-12-19(3)29-25(34)23-28-16-15-27(5-2,36-28)21(24(33)30-20-13-8-6-9-14-20)22(28)26(35)31(23)17-10-7-11-18-32/h6,8-9,13-14,19,21-23,32H,4-5,7,10-12,15-18H2,1-3H3,(H,29,34)(H,30,33)/t19?,21-,22+,23?,27+,28?/m1/s1. The molecule has 8 heteroatoms. The first-order valence-corrected chi connectivity index (χ1v) is 13.6. The maximum absolute atomic E-state index is 14.0. The number of ether oxygens (including phenoxy) is 1. The monoisotopic (exact) mass is 499 g/mol. The molecular formula is C28H41N3O5. The summed E-state index contributed by atoms with van der Waals surface area (Å²) in [5, 5.41) is 15.3. The van der Waals surface area contributed by atoms with Gasteiger partial charge in [0.1, 0.15) is 11.6 Å². The van der Waals surface area contributed by atoms with E-state index in [1.807, 2.05) is 44.2 Å². The molecule has 4 rings (SSSR count). The lowest BCUT2D eigenvalue weighted by molar-refractivity contribution is -0.146. The molecule has 1 spiro atoms. The first kappa shape index (κ1) is 26.6. The molecule has 198 valence electrons. The molecule has 1 aromatic rings. The molecule has 0 aromatic heterocycles. The normalized spacial score (nSPS) is 31.4. The number of para-hydroxylation sites is 1. The van der Waals surface area contributed by atoms with Crippen LogP contribution in [0.2, 0.25) is 0 Å². The van der Waals surface area contributed by atoms with E-state index in [0.29, 0.717) is 44.3 Å². The SMILES string of the molecule is CCCC(C)NC(=O)C1N(CCCCCO)C(=O)[C@@H]2[C@H](C(=O)Nc3ccccc3)[C@]3(CC)CCC12O3. The molecule has 8 nitrogen and oxygen atoms in total. The van der Waals surface area contributed by atoms with Crippen molar-refractivity contribution in [1.82, 2.24) is 10.2 Å². The molecule has 3 aliphatic rings. The average molecular weight is 500 g/mol. The summed E-state index contributed by atoms with van der Waals surface area (Å²) in [6.45, 7) is 6.57. The van der Waals surface area contributed by atoms with Crippen molar-refractivity contribution in [2.24, 2.45) is 11.8 Å². The third-order valence-corrected chi connectivity index (χ3v) is 8.42. The van der Waals surface area contributed by atoms with Crippen LogP contribution in [0.5, 0.6) is 0 Å². The second kappa shape index (κ2) is 10.9. The van der Waals surface area contributed by atoms with Crippen LogP contribution in [0.3, 0.4) is 0 Å². The number of likely N-dealkylation sites (tertiary alicyclic amines) is 1. The van der Waals surface area contributed by atoms with Crippen LogP contribution in [0.25, 0.3) is 0 Å². The van der Waals surface area contributed by atoms with Crippen LogP contribution >= 0.6 is 0 Å². The van der Waals surface area contributed by atoms with Gasteiger partial charge in [-0.1, -0.05) is 38.5 Å². The molecule has 2 bridgehead atoms. The predicted octanol–water partition coefficient (Wildman–Crippen LogP) is 3.25. The fraction of sp³-hybridized carbons (Fsp3) is 0.679. The van der Waals surface area contributed by atoms with Gasteiger partial charge in [-0.05, 0) is 64.0 Å². The Bertz CT molecular complexity index is 956. The minimum absolute atomic E-state index is 0.0137. The number of amides is 3. The quantitative estimate of drug-likeness (QED) is 0.383. The zero-order valence-corrected chi connectivity index (χ0v) is 21.8. The first-order valence-electron chi connectivity index (χ1n) is 13.6. The average Bonchev–Trinajstić information content (AvgIpc) is 3.46. The smallest absolute Gasteiger partial charge is 0.246 e. The molecule has 0 aliphatic carbocycles. The number of anilines is 1. The molecule has 3 amide bonds. The van der Waals surface area contributed by atoms with Gasteiger partial charge >= 0.3 is 0 Å². The van der Waals surface area contributed by atoms with E-state index in [-0.39, 0.29) is 30.4 Å². The minimum Gasteiger partial charge on any atom is -0.396 e. The van der Waals surface area contributed by atoms with Gasteiger partial charge in [-0.25, -0.2) is 0 Å². The number of rotatable bonds is 12. The highest BCUT2D eigenvalue weighted by molar-refractivity contribution is 6.02. The van der Waals surface area contributed by atoms with E-state index in [9.17, 15) is 19.5 Å². The van der Waals surface area contributed by atoms with Crippen molar-refractivity contribution in [3.05, 3.63) is 30.3 Å². The van der Waals surface area contributed by atoms with Gasteiger partial charge in [0, 0.05) is 24.9 Å². The number of benzene rings is 1. The Morgan fingerprint density at radius 3 is 2.56 bits per heavy atom. The number of nitrogens with zero attached hydrogens (tertiary/aromatic N) is 1. The lowest BCUT2D eigenvalue weighted by Crippen LogP contribution is -2.56. The third kappa shape index (κ3) is 4.54.